The summed E-state index contributed by atoms with van der Waals surface area (Å²) in [5.74, 6) is 2.34. The molecule has 0 radical (unpaired) electrons. The van der Waals surface area contributed by atoms with Gasteiger partial charge in [-0.05, 0) is 104 Å². The van der Waals surface area contributed by atoms with Gasteiger partial charge in [-0.2, -0.15) is 0 Å². The lowest BCUT2D eigenvalue weighted by molar-refractivity contribution is -0.137. The number of anilines is 2. The molecule has 3 saturated heterocycles. The molecule has 0 aliphatic carbocycles. The van der Waals surface area contributed by atoms with Crippen molar-refractivity contribution in [1.82, 2.24) is 40.0 Å². The summed E-state index contributed by atoms with van der Waals surface area (Å²) in [6, 6.07) is 15.6. The fraction of sp³-hybridized carbons (Fsp3) is 0.540. The highest BCUT2D eigenvalue weighted by molar-refractivity contribution is 5.87. The zero-order chi connectivity index (χ0) is 47.0. The van der Waals surface area contributed by atoms with Gasteiger partial charge in [-0.3, -0.25) is 14.5 Å². The first-order valence-electron chi connectivity index (χ1n) is 23.7. The van der Waals surface area contributed by atoms with Crippen molar-refractivity contribution in [2.24, 2.45) is 23.7 Å². The lowest BCUT2D eigenvalue weighted by Crippen LogP contribution is -2.51. The Morgan fingerprint density at radius 2 is 1.30 bits per heavy atom. The van der Waals surface area contributed by atoms with E-state index in [1.807, 2.05) is 68.8 Å². The Bertz CT molecular complexity index is 2550. The molecule has 2 aromatic carbocycles. The van der Waals surface area contributed by atoms with Gasteiger partial charge in [0.25, 0.3) is 0 Å². The molecule has 6 atom stereocenters. The van der Waals surface area contributed by atoms with Crippen molar-refractivity contribution < 1.29 is 28.7 Å². The largest absolute Gasteiger partial charge is 0.453 e. The van der Waals surface area contributed by atoms with E-state index in [9.17, 15) is 19.2 Å². The summed E-state index contributed by atoms with van der Waals surface area (Å²) in [7, 11) is 2.96. The molecular weight excluding hydrogens is 837 g/mol. The smallest absolute Gasteiger partial charge is 0.415 e. The van der Waals surface area contributed by atoms with E-state index in [1.165, 1.54) is 12.0 Å². The van der Waals surface area contributed by atoms with Crippen molar-refractivity contribution >= 4 is 57.6 Å². The van der Waals surface area contributed by atoms with E-state index < -0.39 is 18.2 Å². The quantitative estimate of drug-likeness (QED) is 0.103. The van der Waals surface area contributed by atoms with E-state index in [0.29, 0.717) is 19.0 Å². The second-order valence-electron chi connectivity index (χ2n) is 19.5. The third-order valence-corrected chi connectivity index (χ3v) is 13.9. The zero-order valence-corrected chi connectivity index (χ0v) is 39.8. The molecule has 16 heteroatoms. The minimum atomic E-state index is -0.721. The Balaban J connectivity index is 1.10. The lowest BCUT2D eigenvalue weighted by atomic mass is 9.96. The highest BCUT2D eigenvalue weighted by Gasteiger charge is 2.40. The van der Waals surface area contributed by atoms with Crippen molar-refractivity contribution in [3.63, 3.8) is 0 Å². The summed E-state index contributed by atoms with van der Waals surface area (Å²) in [6.07, 6.45) is 5.86. The molecule has 3 fully saturated rings. The minimum Gasteiger partial charge on any atom is -0.453 e. The Morgan fingerprint density at radius 3 is 1.79 bits per heavy atom. The summed E-state index contributed by atoms with van der Waals surface area (Å²) in [5.41, 5.74) is 6.63. The number of amides is 4. The van der Waals surface area contributed by atoms with E-state index >= 15 is 0 Å². The molecular formula is C50H66N10O6. The van der Waals surface area contributed by atoms with Crippen LogP contribution in [0.1, 0.15) is 134 Å². The first-order chi connectivity index (χ1) is 31.6. The summed E-state index contributed by atoms with van der Waals surface area (Å²) in [5, 5.41) is 2.73. The number of nitrogens with one attached hydrogen (secondary N) is 3. The number of imidazole rings is 2. The number of hydrogen-bond donors (Lipinski definition) is 3. The van der Waals surface area contributed by atoms with Gasteiger partial charge in [-0.25, -0.2) is 24.5 Å². The average molecular weight is 903 g/mol. The van der Waals surface area contributed by atoms with E-state index in [-0.39, 0.29) is 59.7 Å². The Labute approximate surface area is 387 Å². The molecule has 3 aliphatic rings. The molecule has 6 heterocycles. The molecule has 352 valence electrons. The molecule has 3 N–H and O–H groups in total. The van der Waals surface area contributed by atoms with Gasteiger partial charge < -0.3 is 39.5 Å². The number of alkyl carbamates (subject to hydrolysis) is 1. The van der Waals surface area contributed by atoms with Gasteiger partial charge in [0.15, 0.2) is 0 Å². The molecule has 4 amide bonds. The van der Waals surface area contributed by atoms with Crippen LogP contribution in [-0.2, 0) is 19.1 Å². The third kappa shape index (κ3) is 9.28. The molecule has 0 unspecified atom stereocenters. The zero-order valence-electron chi connectivity index (χ0n) is 39.8. The number of H-pyrrole nitrogens is 2. The number of carbonyl (C=O) groups excluding carboxylic acids is 4. The van der Waals surface area contributed by atoms with E-state index in [0.717, 1.165) is 95.6 Å². The number of aromatic nitrogens is 5. The third-order valence-electron chi connectivity index (χ3n) is 13.9. The van der Waals surface area contributed by atoms with Crippen molar-refractivity contribution in [2.75, 3.05) is 43.7 Å². The number of benzene rings is 2. The maximum Gasteiger partial charge on any atom is 0.415 e. The molecule has 16 nitrogen and oxygen atoms in total. The number of ether oxygens (including phenoxy) is 2. The number of carbonyl (C=O) groups is 4. The summed E-state index contributed by atoms with van der Waals surface area (Å²) in [6.45, 7) is 15.7. The molecule has 3 aromatic heterocycles. The summed E-state index contributed by atoms with van der Waals surface area (Å²) in [4.78, 5) is 82.3. The second kappa shape index (κ2) is 19.3. The molecule has 0 bridgehead atoms. The number of likely N-dealkylation sites (tertiary alicyclic amines) is 2. The van der Waals surface area contributed by atoms with Crippen LogP contribution >= 0.6 is 0 Å². The summed E-state index contributed by atoms with van der Waals surface area (Å²) >= 11 is 0. The number of nitrogens with zero attached hydrogens (tertiary/aromatic N) is 7. The monoisotopic (exact) mass is 903 g/mol. The highest BCUT2D eigenvalue weighted by Crippen LogP contribution is 2.48. The number of fused-ring (bicyclic) bond motifs is 2. The number of methoxy groups -OCH3 is 1. The van der Waals surface area contributed by atoms with Gasteiger partial charge in [0.1, 0.15) is 23.5 Å². The lowest BCUT2D eigenvalue weighted by Gasteiger charge is -2.33. The number of hydrogen-bond acceptors (Lipinski definition) is 10. The number of aromatic amines is 2. The van der Waals surface area contributed by atoms with Crippen LogP contribution in [0, 0.1) is 23.7 Å². The van der Waals surface area contributed by atoms with Crippen LogP contribution in [-0.4, -0.2) is 98.6 Å². The molecule has 0 spiro atoms. The van der Waals surface area contributed by atoms with Gasteiger partial charge in [-0.15, -0.1) is 0 Å². The molecule has 0 saturated carbocycles. The van der Waals surface area contributed by atoms with Gasteiger partial charge in [-0.1, -0.05) is 60.6 Å². The fourth-order valence-electron chi connectivity index (χ4n) is 9.86. The molecule has 8 rings (SSSR count). The van der Waals surface area contributed by atoms with Gasteiger partial charge in [0.2, 0.25) is 11.8 Å². The normalized spacial score (nSPS) is 20.8. The number of rotatable bonds is 13. The predicted octanol–water partition coefficient (Wildman–Crippen LogP) is 9.15. The topological polar surface area (TPSA) is 182 Å². The predicted molar refractivity (Wildman–Crippen MR) is 254 cm³/mol. The maximum atomic E-state index is 13.9. The van der Waals surface area contributed by atoms with Crippen LogP contribution in [0.2, 0.25) is 0 Å². The van der Waals surface area contributed by atoms with E-state index in [2.05, 4.69) is 64.4 Å². The van der Waals surface area contributed by atoms with Gasteiger partial charge in [0.05, 0.1) is 71.8 Å². The van der Waals surface area contributed by atoms with Crippen LogP contribution in [0.3, 0.4) is 0 Å². The summed E-state index contributed by atoms with van der Waals surface area (Å²) < 4.78 is 10.3. The van der Waals surface area contributed by atoms with Crippen LogP contribution in [0.4, 0.5) is 21.1 Å². The average Bonchev–Trinajstić information content (AvgIpc) is 4.17. The Morgan fingerprint density at radius 1 is 0.742 bits per heavy atom. The van der Waals surface area contributed by atoms with Crippen molar-refractivity contribution in [2.45, 2.75) is 117 Å². The van der Waals surface area contributed by atoms with E-state index in [1.54, 1.807) is 7.05 Å². The van der Waals surface area contributed by atoms with Crippen LogP contribution in [0.15, 0.2) is 54.7 Å². The molecule has 3 aliphatic heterocycles. The second-order valence-corrected chi connectivity index (χ2v) is 19.5. The van der Waals surface area contributed by atoms with Gasteiger partial charge in [0, 0.05) is 26.1 Å². The molecule has 66 heavy (non-hydrogen) atoms. The SMILES string of the molecule is COC(=O)N[C@H](C(=O)N1CCC[C@H]1c1nc2ccc([C@H]3CC[C@H](c4ccc5nc([C@@H]6CCCN6C(=O)[C@@H](C)C(C)C)[nH]c5c4)N3c3ccc(N(C)C(=O)OCC(C)C)nc3)cc2[nH]1)C(C)C. The maximum absolute atomic E-state index is 13.9. The first-order valence-corrected chi connectivity index (χ1v) is 23.7. The van der Waals surface area contributed by atoms with Crippen LogP contribution in [0.25, 0.3) is 22.1 Å². The standard InChI is InChI=1S/C50H66N10O6/c1-28(2)27-66-50(64)57(8)43-21-16-34(26-51-43)60-39(32-14-17-35-37(24-32)54-45(52-35)41-12-10-22-58(41)47(61)31(7)29(3)4)19-20-40(60)33-15-18-36-38(25-33)55-46(53-36)42-13-11-23-59(42)48(62)44(30(5)6)56-49(63)65-9/h14-18,21,24-26,28-31,39-42,44H,10-13,19-20,22-23,27H2,1-9H3,(H,52,54)(H,53,55)(H,56,63)/t31-,39+,40+,41-,42-,44-/m0/s1. The highest BCUT2D eigenvalue weighted by atomic mass is 16.6. The minimum absolute atomic E-state index is 0.0254. The van der Waals surface area contributed by atoms with E-state index in [4.69, 9.17) is 24.4 Å². The Kier molecular flexibility index (Phi) is 13.6. The van der Waals surface area contributed by atoms with Crippen molar-refractivity contribution in [3.05, 3.63) is 77.5 Å². The number of pyridine rings is 1. The molecule has 5 aromatic rings. The van der Waals surface area contributed by atoms with Gasteiger partial charge >= 0.3 is 12.2 Å². The van der Waals surface area contributed by atoms with Crippen molar-refractivity contribution in [1.29, 1.82) is 0 Å². The fourth-order valence-corrected chi connectivity index (χ4v) is 9.86. The van der Waals surface area contributed by atoms with Crippen LogP contribution < -0.4 is 15.1 Å². The first kappa shape index (κ1) is 46.3. The Hall–Kier alpha value is -6.19. The van der Waals surface area contributed by atoms with Crippen molar-refractivity contribution in [3.8, 4) is 0 Å². The van der Waals surface area contributed by atoms with Crippen LogP contribution in [0.5, 0.6) is 0 Å².